The van der Waals surface area contributed by atoms with Gasteiger partial charge in [0.1, 0.15) is 5.69 Å². The summed E-state index contributed by atoms with van der Waals surface area (Å²) in [5, 5.41) is 3.51. The van der Waals surface area contributed by atoms with E-state index in [1.807, 2.05) is 4.90 Å². The van der Waals surface area contributed by atoms with Crippen molar-refractivity contribution in [3.05, 3.63) is 24.3 Å². The van der Waals surface area contributed by atoms with Crippen molar-refractivity contribution in [3.63, 3.8) is 0 Å². The van der Waals surface area contributed by atoms with Crippen LogP contribution in [0.4, 0.5) is 0 Å². The molecule has 1 aromatic heterocycles. The van der Waals surface area contributed by atoms with Crippen LogP contribution in [-0.2, 0) is 0 Å². The van der Waals surface area contributed by atoms with Gasteiger partial charge in [0.2, 0.25) is 0 Å². The Kier molecular flexibility index (Phi) is 3.73. The van der Waals surface area contributed by atoms with Crippen molar-refractivity contribution in [3.8, 4) is 0 Å². The highest BCUT2D eigenvalue weighted by molar-refractivity contribution is 5.92. The molecule has 1 unspecified atom stereocenters. The molecule has 1 atom stereocenters. The summed E-state index contributed by atoms with van der Waals surface area (Å²) in [5.41, 5.74) is 0.463. The van der Waals surface area contributed by atoms with Crippen molar-refractivity contribution in [1.82, 2.24) is 20.2 Å². The van der Waals surface area contributed by atoms with E-state index in [4.69, 9.17) is 0 Å². The first-order valence-corrected chi connectivity index (χ1v) is 7.15. The highest BCUT2D eigenvalue weighted by Crippen LogP contribution is 2.28. The van der Waals surface area contributed by atoms with Crippen molar-refractivity contribution in [2.75, 3.05) is 13.1 Å². The molecule has 0 spiro atoms. The molecule has 5 heteroatoms. The van der Waals surface area contributed by atoms with Gasteiger partial charge in [0, 0.05) is 31.0 Å². The fourth-order valence-corrected chi connectivity index (χ4v) is 2.66. The minimum Gasteiger partial charge on any atom is -0.333 e. The zero-order valence-corrected chi connectivity index (χ0v) is 11.1. The van der Waals surface area contributed by atoms with E-state index in [-0.39, 0.29) is 5.91 Å². The maximum atomic E-state index is 12.5. The quantitative estimate of drug-likeness (QED) is 0.884. The molecule has 19 heavy (non-hydrogen) atoms. The zero-order valence-electron chi connectivity index (χ0n) is 11.1. The number of carbonyl (C=O) groups is 1. The van der Waals surface area contributed by atoms with E-state index in [1.54, 1.807) is 18.6 Å². The summed E-state index contributed by atoms with van der Waals surface area (Å²) in [7, 11) is 0. The van der Waals surface area contributed by atoms with Crippen LogP contribution in [-0.4, -0.2) is 45.9 Å². The van der Waals surface area contributed by atoms with Crippen molar-refractivity contribution in [2.45, 2.75) is 44.2 Å². The van der Waals surface area contributed by atoms with Gasteiger partial charge < -0.3 is 10.2 Å². The third kappa shape index (κ3) is 3.10. The van der Waals surface area contributed by atoms with E-state index in [1.165, 1.54) is 12.8 Å². The van der Waals surface area contributed by atoms with E-state index < -0.39 is 0 Å². The molecular weight excluding hydrogens is 240 g/mol. The molecule has 3 rings (SSSR count). The van der Waals surface area contributed by atoms with Crippen LogP contribution >= 0.6 is 0 Å². The Morgan fingerprint density at radius 3 is 2.84 bits per heavy atom. The Labute approximate surface area is 113 Å². The minimum absolute atomic E-state index is 0.0305. The lowest BCUT2D eigenvalue weighted by Crippen LogP contribution is -2.46. The topological polar surface area (TPSA) is 58.1 Å². The predicted molar refractivity (Wildman–Crippen MR) is 71.7 cm³/mol. The van der Waals surface area contributed by atoms with E-state index >= 15 is 0 Å². The first kappa shape index (κ1) is 12.5. The van der Waals surface area contributed by atoms with Crippen LogP contribution < -0.4 is 5.32 Å². The van der Waals surface area contributed by atoms with Crippen LogP contribution in [0.1, 0.15) is 42.6 Å². The largest absolute Gasteiger partial charge is 0.333 e. The summed E-state index contributed by atoms with van der Waals surface area (Å²) in [6, 6.07) is 0.855. The molecule has 102 valence electrons. The number of piperidine rings is 1. The SMILES string of the molecule is O=C(c1cnccn1)N(CC1CCCCN1)C1CC1. The Morgan fingerprint density at radius 1 is 1.32 bits per heavy atom. The second kappa shape index (κ2) is 5.65. The molecule has 2 fully saturated rings. The second-order valence-electron chi connectivity index (χ2n) is 5.43. The first-order valence-electron chi connectivity index (χ1n) is 7.15. The molecule has 0 aromatic carbocycles. The van der Waals surface area contributed by atoms with Crippen molar-refractivity contribution in [2.24, 2.45) is 0 Å². The highest BCUT2D eigenvalue weighted by Gasteiger charge is 2.35. The lowest BCUT2D eigenvalue weighted by atomic mass is 10.0. The predicted octanol–water partition coefficient (Wildman–Crippen LogP) is 1.22. The average molecular weight is 260 g/mol. The first-order chi connectivity index (χ1) is 9.34. The summed E-state index contributed by atoms with van der Waals surface area (Å²) < 4.78 is 0. The molecule has 0 bridgehead atoms. The number of carbonyl (C=O) groups excluding carboxylic acids is 1. The maximum absolute atomic E-state index is 12.5. The summed E-state index contributed by atoms with van der Waals surface area (Å²) in [5.74, 6) is 0.0305. The van der Waals surface area contributed by atoms with Crippen LogP contribution in [0, 0.1) is 0 Å². The van der Waals surface area contributed by atoms with Crippen LogP contribution in [0.3, 0.4) is 0 Å². The minimum atomic E-state index is 0.0305. The summed E-state index contributed by atoms with van der Waals surface area (Å²) in [4.78, 5) is 22.6. The monoisotopic (exact) mass is 260 g/mol. The Balaban J connectivity index is 1.68. The van der Waals surface area contributed by atoms with Gasteiger partial charge in [0.15, 0.2) is 0 Å². The van der Waals surface area contributed by atoms with Gasteiger partial charge in [-0.05, 0) is 32.2 Å². The molecule has 1 amide bonds. The van der Waals surface area contributed by atoms with Crippen molar-refractivity contribution in [1.29, 1.82) is 0 Å². The molecular formula is C14H20N4O. The summed E-state index contributed by atoms with van der Waals surface area (Å²) >= 11 is 0. The molecule has 1 N–H and O–H groups in total. The van der Waals surface area contributed by atoms with Crippen LogP contribution in [0.15, 0.2) is 18.6 Å². The number of nitrogens with one attached hydrogen (secondary N) is 1. The molecule has 1 aliphatic carbocycles. The maximum Gasteiger partial charge on any atom is 0.274 e. The Hall–Kier alpha value is -1.49. The summed E-state index contributed by atoms with van der Waals surface area (Å²) in [6.07, 6.45) is 10.7. The fourth-order valence-electron chi connectivity index (χ4n) is 2.66. The van der Waals surface area contributed by atoms with Crippen LogP contribution in [0.5, 0.6) is 0 Å². The molecule has 1 saturated heterocycles. The van der Waals surface area contributed by atoms with Crippen LogP contribution in [0.25, 0.3) is 0 Å². The zero-order chi connectivity index (χ0) is 13.1. The number of aromatic nitrogens is 2. The van der Waals surface area contributed by atoms with E-state index in [0.29, 0.717) is 17.8 Å². The Morgan fingerprint density at radius 2 is 2.21 bits per heavy atom. The summed E-state index contributed by atoms with van der Waals surface area (Å²) in [6.45, 7) is 1.88. The van der Waals surface area contributed by atoms with Gasteiger partial charge in [-0.25, -0.2) is 4.98 Å². The third-order valence-corrected chi connectivity index (χ3v) is 3.86. The average Bonchev–Trinajstić information content (AvgIpc) is 3.31. The number of hydrogen-bond donors (Lipinski definition) is 1. The molecule has 2 heterocycles. The van der Waals surface area contributed by atoms with Gasteiger partial charge in [-0.1, -0.05) is 6.42 Å². The van der Waals surface area contributed by atoms with Crippen molar-refractivity contribution < 1.29 is 4.79 Å². The lowest BCUT2D eigenvalue weighted by Gasteiger charge is -2.30. The standard InChI is InChI=1S/C14H20N4O/c19-14(13-9-15-7-8-17-13)18(12-4-5-12)10-11-3-1-2-6-16-11/h7-9,11-12,16H,1-6,10H2. The molecule has 1 saturated carbocycles. The van der Waals surface area contributed by atoms with Gasteiger partial charge in [0.05, 0.1) is 6.20 Å². The van der Waals surface area contributed by atoms with Crippen molar-refractivity contribution >= 4 is 5.91 Å². The molecule has 1 aromatic rings. The second-order valence-corrected chi connectivity index (χ2v) is 5.43. The van der Waals surface area contributed by atoms with Gasteiger partial charge in [-0.3, -0.25) is 9.78 Å². The van der Waals surface area contributed by atoms with Crippen LogP contribution in [0.2, 0.25) is 0 Å². The van der Waals surface area contributed by atoms with E-state index in [2.05, 4.69) is 15.3 Å². The smallest absolute Gasteiger partial charge is 0.274 e. The van der Waals surface area contributed by atoms with Gasteiger partial charge in [-0.15, -0.1) is 0 Å². The van der Waals surface area contributed by atoms with Gasteiger partial charge in [0.25, 0.3) is 5.91 Å². The van der Waals surface area contributed by atoms with E-state index in [9.17, 15) is 4.79 Å². The normalized spacial score (nSPS) is 23.1. The van der Waals surface area contributed by atoms with Gasteiger partial charge >= 0.3 is 0 Å². The van der Waals surface area contributed by atoms with E-state index in [0.717, 1.165) is 32.4 Å². The lowest BCUT2D eigenvalue weighted by molar-refractivity contribution is 0.0711. The van der Waals surface area contributed by atoms with Gasteiger partial charge in [-0.2, -0.15) is 0 Å². The molecule has 1 aliphatic heterocycles. The Bertz CT molecular complexity index is 426. The number of nitrogens with zero attached hydrogens (tertiary/aromatic N) is 3. The molecule has 0 radical (unpaired) electrons. The number of rotatable bonds is 4. The number of hydrogen-bond acceptors (Lipinski definition) is 4. The fraction of sp³-hybridized carbons (Fsp3) is 0.643. The molecule has 5 nitrogen and oxygen atoms in total. The molecule has 2 aliphatic rings. The highest BCUT2D eigenvalue weighted by atomic mass is 16.2. The number of amides is 1. The third-order valence-electron chi connectivity index (χ3n) is 3.86.